The lowest BCUT2D eigenvalue weighted by Crippen LogP contribution is -2.23. The molecule has 0 unspecified atom stereocenters. The van der Waals surface area contributed by atoms with Crippen molar-refractivity contribution in [3.8, 4) is 17.1 Å². The Hall–Kier alpha value is -2.80. The molecule has 0 aliphatic rings. The van der Waals surface area contributed by atoms with Gasteiger partial charge < -0.3 is 14.6 Å². The lowest BCUT2D eigenvalue weighted by Gasteiger charge is -2.06. The molecule has 0 aliphatic carbocycles. The third-order valence-electron chi connectivity index (χ3n) is 3.55. The van der Waals surface area contributed by atoms with E-state index < -0.39 is 0 Å². The lowest BCUT2D eigenvalue weighted by molar-refractivity contribution is 0.0943. The number of ether oxygens (including phenoxy) is 1. The average Bonchev–Trinajstić information content (AvgIpc) is 3.15. The molecule has 0 saturated carbocycles. The normalized spacial score (nSPS) is 10.5. The number of carbonyl (C=O) groups is 1. The lowest BCUT2D eigenvalue weighted by atomic mass is 10.2. The molecule has 0 spiro atoms. The fourth-order valence-corrected chi connectivity index (χ4v) is 2.88. The summed E-state index contributed by atoms with van der Waals surface area (Å²) in [7, 11) is 1.60. The molecule has 0 radical (unpaired) electrons. The third-order valence-corrected chi connectivity index (χ3v) is 4.34. The zero-order chi connectivity index (χ0) is 17.6. The maximum Gasteiger partial charge on any atom is 0.252 e. The van der Waals surface area contributed by atoms with E-state index in [-0.39, 0.29) is 12.5 Å². The monoisotopic (exact) mass is 355 g/mol. The van der Waals surface area contributed by atoms with Crippen LogP contribution >= 0.6 is 11.8 Å². The molecule has 0 aliphatic heterocycles. The van der Waals surface area contributed by atoms with Crippen molar-refractivity contribution in [1.29, 1.82) is 0 Å². The van der Waals surface area contributed by atoms with Crippen LogP contribution in [0.1, 0.15) is 16.2 Å². The number of rotatable bonds is 6. The SMILES string of the molecule is COc1cccc(-c2noc(CNC(=O)c3ccccc3SC)n2)c1. The van der Waals surface area contributed by atoms with Crippen LogP contribution in [0.15, 0.2) is 57.9 Å². The second kappa shape index (κ2) is 7.85. The van der Waals surface area contributed by atoms with Gasteiger partial charge in [-0.15, -0.1) is 11.8 Å². The van der Waals surface area contributed by atoms with Gasteiger partial charge in [0.1, 0.15) is 5.75 Å². The van der Waals surface area contributed by atoms with Crippen molar-refractivity contribution >= 4 is 17.7 Å². The van der Waals surface area contributed by atoms with Crippen LogP contribution in [-0.2, 0) is 6.54 Å². The van der Waals surface area contributed by atoms with Gasteiger partial charge in [-0.05, 0) is 30.5 Å². The summed E-state index contributed by atoms with van der Waals surface area (Å²) in [5, 5.41) is 6.75. The van der Waals surface area contributed by atoms with E-state index in [9.17, 15) is 4.79 Å². The largest absolute Gasteiger partial charge is 0.497 e. The minimum absolute atomic E-state index is 0.165. The summed E-state index contributed by atoms with van der Waals surface area (Å²) in [6, 6.07) is 14.8. The number of benzene rings is 2. The number of amides is 1. The number of thioether (sulfide) groups is 1. The van der Waals surface area contributed by atoms with Crippen LogP contribution in [0.4, 0.5) is 0 Å². The molecule has 1 aromatic heterocycles. The molecule has 0 saturated heterocycles. The Labute approximate surface area is 149 Å². The van der Waals surface area contributed by atoms with Crippen LogP contribution in [0, 0.1) is 0 Å². The van der Waals surface area contributed by atoms with E-state index in [4.69, 9.17) is 9.26 Å². The van der Waals surface area contributed by atoms with Gasteiger partial charge in [-0.3, -0.25) is 4.79 Å². The maximum absolute atomic E-state index is 12.3. The summed E-state index contributed by atoms with van der Waals surface area (Å²) in [5.41, 5.74) is 1.41. The zero-order valence-corrected chi connectivity index (χ0v) is 14.7. The Balaban J connectivity index is 1.68. The molecule has 25 heavy (non-hydrogen) atoms. The Morgan fingerprint density at radius 1 is 1.24 bits per heavy atom. The minimum Gasteiger partial charge on any atom is -0.497 e. The van der Waals surface area contributed by atoms with Crippen molar-refractivity contribution in [3.05, 3.63) is 60.0 Å². The highest BCUT2D eigenvalue weighted by Gasteiger charge is 2.13. The van der Waals surface area contributed by atoms with E-state index in [2.05, 4.69) is 15.5 Å². The first kappa shape index (κ1) is 17.0. The van der Waals surface area contributed by atoms with Crippen molar-refractivity contribution < 1.29 is 14.1 Å². The fraction of sp³-hybridized carbons (Fsp3) is 0.167. The fourth-order valence-electron chi connectivity index (χ4n) is 2.29. The molecular weight excluding hydrogens is 338 g/mol. The molecule has 0 bridgehead atoms. The Kier molecular flexibility index (Phi) is 5.35. The second-order valence-corrected chi connectivity index (χ2v) is 5.97. The summed E-state index contributed by atoms with van der Waals surface area (Å²) in [5.74, 6) is 1.33. The zero-order valence-electron chi connectivity index (χ0n) is 13.9. The van der Waals surface area contributed by atoms with Crippen LogP contribution in [-0.4, -0.2) is 29.4 Å². The van der Waals surface area contributed by atoms with E-state index in [1.54, 1.807) is 13.2 Å². The average molecular weight is 355 g/mol. The smallest absolute Gasteiger partial charge is 0.252 e. The van der Waals surface area contributed by atoms with E-state index >= 15 is 0 Å². The molecule has 1 amide bonds. The van der Waals surface area contributed by atoms with Crippen LogP contribution < -0.4 is 10.1 Å². The van der Waals surface area contributed by atoms with E-state index in [1.807, 2.05) is 48.7 Å². The summed E-state index contributed by atoms with van der Waals surface area (Å²) < 4.78 is 10.4. The molecule has 3 aromatic rings. The van der Waals surface area contributed by atoms with Crippen molar-refractivity contribution in [3.63, 3.8) is 0 Å². The van der Waals surface area contributed by atoms with Gasteiger partial charge in [-0.2, -0.15) is 4.98 Å². The van der Waals surface area contributed by atoms with Gasteiger partial charge >= 0.3 is 0 Å². The number of aromatic nitrogens is 2. The Bertz CT molecular complexity index is 879. The summed E-state index contributed by atoms with van der Waals surface area (Å²) in [6.07, 6.45) is 1.94. The Morgan fingerprint density at radius 2 is 2.08 bits per heavy atom. The van der Waals surface area contributed by atoms with Crippen LogP contribution in [0.3, 0.4) is 0 Å². The summed E-state index contributed by atoms with van der Waals surface area (Å²) in [6.45, 7) is 0.165. The van der Waals surface area contributed by atoms with Crippen molar-refractivity contribution in [2.75, 3.05) is 13.4 Å². The first-order chi connectivity index (χ1) is 12.2. The summed E-state index contributed by atoms with van der Waals surface area (Å²) in [4.78, 5) is 17.6. The molecule has 128 valence electrons. The molecule has 1 N–H and O–H groups in total. The number of methoxy groups -OCH3 is 1. The Morgan fingerprint density at radius 3 is 2.88 bits per heavy atom. The van der Waals surface area contributed by atoms with Crippen molar-refractivity contribution in [1.82, 2.24) is 15.5 Å². The standard InChI is InChI=1S/C18H17N3O3S/c1-23-13-7-5-6-12(10-13)17-20-16(24-21-17)11-19-18(22)14-8-3-4-9-15(14)25-2/h3-10H,11H2,1-2H3,(H,19,22). The van der Waals surface area contributed by atoms with Gasteiger partial charge in [0.2, 0.25) is 11.7 Å². The maximum atomic E-state index is 12.3. The first-order valence-corrected chi connectivity index (χ1v) is 8.82. The second-order valence-electron chi connectivity index (χ2n) is 5.13. The molecular formula is C18H17N3O3S. The highest BCUT2D eigenvalue weighted by Crippen LogP contribution is 2.22. The number of carbonyl (C=O) groups excluding carboxylic acids is 1. The predicted octanol–water partition coefficient (Wildman–Crippen LogP) is 3.40. The van der Waals surface area contributed by atoms with Crippen molar-refractivity contribution in [2.45, 2.75) is 11.4 Å². The van der Waals surface area contributed by atoms with Gasteiger partial charge in [0.25, 0.3) is 5.91 Å². The molecule has 6 nitrogen and oxygen atoms in total. The van der Waals surface area contributed by atoms with E-state index in [0.717, 1.165) is 10.5 Å². The highest BCUT2D eigenvalue weighted by atomic mass is 32.2. The van der Waals surface area contributed by atoms with Crippen molar-refractivity contribution in [2.24, 2.45) is 0 Å². The van der Waals surface area contributed by atoms with Crippen LogP contribution in [0.5, 0.6) is 5.75 Å². The molecule has 3 rings (SSSR count). The molecule has 0 fully saturated rings. The van der Waals surface area contributed by atoms with E-state index in [0.29, 0.717) is 23.0 Å². The number of nitrogens with one attached hydrogen (secondary N) is 1. The van der Waals surface area contributed by atoms with E-state index in [1.165, 1.54) is 11.8 Å². The van der Waals surface area contributed by atoms with Crippen LogP contribution in [0.2, 0.25) is 0 Å². The van der Waals surface area contributed by atoms with Gasteiger partial charge in [-0.25, -0.2) is 0 Å². The first-order valence-electron chi connectivity index (χ1n) is 7.59. The van der Waals surface area contributed by atoms with Gasteiger partial charge in [0.05, 0.1) is 19.2 Å². The molecule has 2 aromatic carbocycles. The molecule has 7 heteroatoms. The number of hydrogen-bond donors (Lipinski definition) is 1. The highest BCUT2D eigenvalue weighted by molar-refractivity contribution is 7.98. The van der Waals surface area contributed by atoms with Gasteiger partial charge in [0, 0.05) is 10.5 Å². The number of nitrogens with zero attached hydrogens (tertiary/aromatic N) is 2. The minimum atomic E-state index is -0.175. The van der Waals surface area contributed by atoms with Gasteiger partial charge in [-0.1, -0.05) is 29.4 Å². The summed E-state index contributed by atoms with van der Waals surface area (Å²) >= 11 is 1.53. The number of hydrogen-bond acceptors (Lipinski definition) is 6. The topological polar surface area (TPSA) is 77.3 Å². The predicted molar refractivity (Wildman–Crippen MR) is 95.7 cm³/mol. The molecule has 1 heterocycles. The third kappa shape index (κ3) is 4.00. The molecule has 0 atom stereocenters. The van der Waals surface area contributed by atoms with Gasteiger partial charge in [0.15, 0.2) is 0 Å². The quantitative estimate of drug-likeness (QED) is 0.683. The van der Waals surface area contributed by atoms with Crippen LogP contribution in [0.25, 0.3) is 11.4 Å².